The lowest BCUT2D eigenvalue weighted by Gasteiger charge is -2.03. The van der Waals surface area contributed by atoms with Crippen LogP contribution in [0.1, 0.15) is 5.56 Å². The normalized spacial score (nSPS) is 9.75. The number of nitrogens with zero attached hydrogens (tertiary/aromatic N) is 1. The van der Waals surface area contributed by atoms with Crippen LogP contribution in [0.5, 0.6) is 0 Å². The largest absolute Gasteiger partial charge is 0.396 e. The fourth-order valence-corrected chi connectivity index (χ4v) is 1.48. The van der Waals surface area contributed by atoms with E-state index < -0.39 is 5.82 Å². The summed E-state index contributed by atoms with van der Waals surface area (Å²) in [5.74, 6) is -0.445. The summed E-state index contributed by atoms with van der Waals surface area (Å²) < 4.78 is 13.3. The van der Waals surface area contributed by atoms with Crippen LogP contribution in [-0.2, 0) is 0 Å². The molecule has 0 amide bonds. The Morgan fingerprint density at radius 1 is 1.06 bits per heavy atom. The van der Waals surface area contributed by atoms with Crippen LogP contribution >= 0.6 is 0 Å². The van der Waals surface area contributed by atoms with Crippen LogP contribution in [0.25, 0.3) is 11.1 Å². The Kier molecular flexibility index (Phi) is 2.57. The quantitative estimate of drug-likeness (QED) is 0.739. The summed E-state index contributed by atoms with van der Waals surface area (Å²) in [5, 5.41) is 8.76. The zero-order valence-electron chi connectivity index (χ0n) is 8.44. The molecule has 0 aliphatic carbocycles. The van der Waals surface area contributed by atoms with Gasteiger partial charge in [-0.25, -0.2) is 4.39 Å². The van der Waals surface area contributed by atoms with Crippen LogP contribution in [-0.4, -0.2) is 0 Å². The summed E-state index contributed by atoms with van der Waals surface area (Å²) in [7, 11) is 0. The van der Waals surface area contributed by atoms with Gasteiger partial charge < -0.3 is 5.73 Å². The second-order valence-electron chi connectivity index (χ2n) is 3.43. The Labute approximate surface area is 92.8 Å². The van der Waals surface area contributed by atoms with E-state index in [4.69, 9.17) is 11.0 Å². The van der Waals surface area contributed by atoms with Gasteiger partial charge in [-0.2, -0.15) is 5.26 Å². The Bertz CT molecular complexity index is 570. The van der Waals surface area contributed by atoms with Gasteiger partial charge in [0.25, 0.3) is 0 Å². The van der Waals surface area contributed by atoms with Gasteiger partial charge in [0.1, 0.15) is 5.82 Å². The maximum atomic E-state index is 13.3. The van der Waals surface area contributed by atoms with Gasteiger partial charge in [-0.1, -0.05) is 18.2 Å². The van der Waals surface area contributed by atoms with Crippen molar-refractivity contribution < 1.29 is 4.39 Å². The number of halogens is 1. The monoisotopic (exact) mass is 212 g/mol. The summed E-state index contributed by atoms with van der Waals surface area (Å²) in [6.45, 7) is 0. The van der Waals surface area contributed by atoms with Gasteiger partial charge in [0.2, 0.25) is 0 Å². The van der Waals surface area contributed by atoms with E-state index in [9.17, 15) is 4.39 Å². The number of nitrogens with two attached hydrogens (primary N) is 1. The highest BCUT2D eigenvalue weighted by Crippen LogP contribution is 2.23. The third kappa shape index (κ3) is 1.86. The Morgan fingerprint density at radius 2 is 1.81 bits per heavy atom. The summed E-state index contributed by atoms with van der Waals surface area (Å²) in [5.41, 5.74) is 7.59. The summed E-state index contributed by atoms with van der Waals surface area (Å²) in [4.78, 5) is 0. The van der Waals surface area contributed by atoms with Gasteiger partial charge in [-0.3, -0.25) is 0 Å². The molecule has 0 aliphatic heterocycles. The van der Waals surface area contributed by atoms with Crippen molar-refractivity contribution in [3.8, 4) is 17.2 Å². The first kappa shape index (κ1) is 10.2. The smallest absolute Gasteiger partial charge is 0.146 e. The molecule has 16 heavy (non-hydrogen) atoms. The molecule has 2 N–H and O–H groups in total. The molecular formula is C13H9FN2. The average Bonchev–Trinajstić information content (AvgIpc) is 2.33. The summed E-state index contributed by atoms with van der Waals surface area (Å²) >= 11 is 0. The number of nitrogen functional groups attached to an aromatic ring is 1. The molecule has 2 nitrogen and oxygen atoms in total. The van der Waals surface area contributed by atoms with Crippen molar-refractivity contribution in [2.24, 2.45) is 0 Å². The molecule has 0 aromatic heterocycles. The van der Waals surface area contributed by atoms with E-state index in [0.717, 1.165) is 5.56 Å². The van der Waals surface area contributed by atoms with Gasteiger partial charge in [0, 0.05) is 0 Å². The number of hydrogen-bond acceptors (Lipinski definition) is 2. The standard InChI is InChI=1S/C13H9FN2/c14-12-7-11(4-5-13(12)16)10-3-1-2-9(6-10)8-15/h1-7H,16H2. The fraction of sp³-hybridized carbons (Fsp3) is 0. The maximum Gasteiger partial charge on any atom is 0.146 e. The van der Waals surface area contributed by atoms with E-state index in [1.165, 1.54) is 12.1 Å². The van der Waals surface area contributed by atoms with E-state index in [0.29, 0.717) is 11.1 Å². The van der Waals surface area contributed by atoms with Crippen LogP contribution in [0.3, 0.4) is 0 Å². The lowest BCUT2D eigenvalue weighted by molar-refractivity contribution is 0.633. The third-order valence-corrected chi connectivity index (χ3v) is 2.33. The van der Waals surface area contributed by atoms with Gasteiger partial charge in [-0.15, -0.1) is 0 Å². The lowest BCUT2D eigenvalue weighted by atomic mass is 10.0. The predicted molar refractivity (Wildman–Crippen MR) is 61.0 cm³/mol. The van der Waals surface area contributed by atoms with Crippen molar-refractivity contribution in [3.63, 3.8) is 0 Å². The molecule has 2 rings (SSSR count). The SMILES string of the molecule is N#Cc1cccc(-c2ccc(N)c(F)c2)c1. The molecule has 0 fully saturated rings. The summed E-state index contributed by atoms with van der Waals surface area (Å²) in [6, 6.07) is 13.7. The molecule has 2 aromatic rings. The molecule has 0 atom stereocenters. The van der Waals surface area contributed by atoms with Gasteiger partial charge in [0.15, 0.2) is 0 Å². The first-order chi connectivity index (χ1) is 7.70. The molecule has 0 spiro atoms. The van der Waals surface area contributed by atoms with Crippen molar-refractivity contribution >= 4 is 5.69 Å². The maximum absolute atomic E-state index is 13.3. The molecule has 3 heteroatoms. The lowest BCUT2D eigenvalue weighted by Crippen LogP contribution is -1.90. The van der Waals surface area contributed by atoms with Crippen molar-refractivity contribution in [3.05, 3.63) is 53.8 Å². The van der Waals surface area contributed by atoms with Crippen molar-refractivity contribution in [2.45, 2.75) is 0 Å². The van der Waals surface area contributed by atoms with E-state index in [2.05, 4.69) is 0 Å². The third-order valence-electron chi connectivity index (χ3n) is 2.33. The number of benzene rings is 2. The Balaban J connectivity index is 2.51. The molecule has 0 unspecified atom stereocenters. The van der Waals surface area contributed by atoms with E-state index in [1.54, 1.807) is 24.3 Å². The second kappa shape index (κ2) is 4.03. The molecule has 0 bridgehead atoms. The molecule has 0 heterocycles. The van der Waals surface area contributed by atoms with Gasteiger partial charge in [-0.05, 0) is 35.4 Å². The van der Waals surface area contributed by atoms with Crippen LogP contribution in [0.4, 0.5) is 10.1 Å². The molecule has 0 aliphatic rings. The van der Waals surface area contributed by atoms with Crippen molar-refractivity contribution in [2.75, 3.05) is 5.73 Å². The van der Waals surface area contributed by atoms with Crippen molar-refractivity contribution in [1.82, 2.24) is 0 Å². The molecule has 0 saturated heterocycles. The van der Waals surface area contributed by atoms with Crippen LogP contribution in [0, 0.1) is 17.1 Å². The van der Waals surface area contributed by atoms with Crippen LogP contribution in [0.15, 0.2) is 42.5 Å². The first-order valence-corrected chi connectivity index (χ1v) is 4.76. The number of nitriles is 1. The average molecular weight is 212 g/mol. The molecular weight excluding hydrogens is 203 g/mol. The zero-order chi connectivity index (χ0) is 11.5. The molecule has 0 saturated carbocycles. The second-order valence-corrected chi connectivity index (χ2v) is 3.43. The van der Waals surface area contributed by atoms with E-state index >= 15 is 0 Å². The van der Waals surface area contributed by atoms with Gasteiger partial charge in [0.05, 0.1) is 17.3 Å². The highest BCUT2D eigenvalue weighted by molar-refractivity contribution is 5.67. The molecule has 0 radical (unpaired) electrons. The highest BCUT2D eigenvalue weighted by atomic mass is 19.1. The van der Waals surface area contributed by atoms with Crippen molar-refractivity contribution in [1.29, 1.82) is 5.26 Å². The first-order valence-electron chi connectivity index (χ1n) is 4.76. The number of hydrogen-bond donors (Lipinski definition) is 1. The zero-order valence-corrected chi connectivity index (χ0v) is 8.44. The minimum absolute atomic E-state index is 0.125. The minimum Gasteiger partial charge on any atom is -0.396 e. The molecule has 2 aromatic carbocycles. The Hall–Kier alpha value is -2.34. The highest BCUT2D eigenvalue weighted by Gasteiger charge is 2.03. The van der Waals surface area contributed by atoms with E-state index in [1.807, 2.05) is 12.1 Å². The summed E-state index contributed by atoms with van der Waals surface area (Å²) in [6.07, 6.45) is 0. The number of anilines is 1. The number of rotatable bonds is 1. The van der Waals surface area contributed by atoms with Gasteiger partial charge >= 0.3 is 0 Å². The van der Waals surface area contributed by atoms with Crippen LogP contribution in [0.2, 0.25) is 0 Å². The fourth-order valence-electron chi connectivity index (χ4n) is 1.48. The molecule has 78 valence electrons. The van der Waals surface area contributed by atoms with Crippen LogP contribution < -0.4 is 5.73 Å². The Morgan fingerprint density at radius 3 is 2.50 bits per heavy atom. The van der Waals surface area contributed by atoms with E-state index in [-0.39, 0.29) is 5.69 Å². The predicted octanol–water partition coefficient (Wildman–Crippen LogP) is 2.95. The minimum atomic E-state index is -0.445. The topological polar surface area (TPSA) is 49.8 Å².